The molecule has 4 saturated carbocycles. The molecule has 4 aliphatic rings. The van der Waals surface area contributed by atoms with E-state index in [1.807, 2.05) is 12.4 Å². The molecular weight excluding hydrogens is 306 g/mol. The summed E-state index contributed by atoms with van der Waals surface area (Å²) in [5.74, 6) is 3.77. The SMILES string of the molecule is Cc1ccc(-c2ncc(CNC34CC5CC(CC(C5)C3)C4)cn2)cc1. The first-order chi connectivity index (χ1) is 12.2. The molecule has 4 aliphatic carbocycles. The fraction of sp³-hybridized carbons (Fsp3) is 0.545. The number of hydrogen-bond acceptors (Lipinski definition) is 3. The molecule has 0 radical (unpaired) electrons. The summed E-state index contributed by atoms with van der Waals surface area (Å²) in [7, 11) is 0. The van der Waals surface area contributed by atoms with Crippen LogP contribution >= 0.6 is 0 Å². The summed E-state index contributed by atoms with van der Waals surface area (Å²) in [6.45, 7) is 3.00. The number of benzene rings is 1. The average molecular weight is 333 g/mol. The van der Waals surface area contributed by atoms with Crippen molar-refractivity contribution in [1.82, 2.24) is 15.3 Å². The van der Waals surface area contributed by atoms with Crippen molar-refractivity contribution in [2.24, 2.45) is 17.8 Å². The molecule has 6 rings (SSSR count). The first kappa shape index (κ1) is 15.5. The molecule has 0 unspecified atom stereocenters. The molecule has 0 aliphatic heterocycles. The highest BCUT2D eigenvalue weighted by Gasteiger charge is 2.50. The Bertz CT molecular complexity index is 713. The lowest BCUT2D eigenvalue weighted by molar-refractivity contribution is -0.0206. The second-order valence-electron chi connectivity index (χ2n) is 8.83. The molecule has 4 fully saturated rings. The minimum absolute atomic E-state index is 0.407. The maximum absolute atomic E-state index is 4.59. The Morgan fingerprint density at radius 2 is 1.48 bits per heavy atom. The third kappa shape index (κ3) is 2.99. The molecule has 1 aromatic heterocycles. The normalized spacial score (nSPS) is 32.9. The summed E-state index contributed by atoms with van der Waals surface area (Å²) in [4.78, 5) is 9.18. The van der Waals surface area contributed by atoms with Crippen molar-refractivity contribution in [3.8, 4) is 11.4 Å². The summed E-state index contributed by atoms with van der Waals surface area (Å²) in [5.41, 5.74) is 3.96. The molecule has 25 heavy (non-hydrogen) atoms. The monoisotopic (exact) mass is 333 g/mol. The van der Waals surface area contributed by atoms with Crippen LogP contribution in [0.3, 0.4) is 0 Å². The van der Waals surface area contributed by atoms with Gasteiger partial charge in [0.15, 0.2) is 5.82 Å². The van der Waals surface area contributed by atoms with Gasteiger partial charge in [-0.05, 0) is 63.2 Å². The van der Waals surface area contributed by atoms with E-state index in [0.717, 1.165) is 35.7 Å². The number of rotatable bonds is 4. The van der Waals surface area contributed by atoms with Crippen LogP contribution in [0.1, 0.15) is 49.7 Å². The van der Waals surface area contributed by atoms with Gasteiger partial charge in [0.25, 0.3) is 0 Å². The van der Waals surface area contributed by atoms with Crippen molar-refractivity contribution in [3.05, 3.63) is 47.8 Å². The number of aromatic nitrogens is 2. The number of aryl methyl sites for hydroxylation is 1. The zero-order valence-corrected chi connectivity index (χ0v) is 15.0. The Balaban J connectivity index is 1.27. The molecular formula is C22H27N3. The van der Waals surface area contributed by atoms with Crippen molar-refractivity contribution in [2.45, 2.75) is 57.5 Å². The van der Waals surface area contributed by atoms with Crippen LogP contribution in [0.2, 0.25) is 0 Å². The maximum Gasteiger partial charge on any atom is 0.159 e. The Kier molecular flexibility index (Phi) is 3.67. The van der Waals surface area contributed by atoms with Crippen molar-refractivity contribution < 1.29 is 0 Å². The van der Waals surface area contributed by atoms with Crippen LogP contribution in [0.15, 0.2) is 36.7 Å². The number of hydrogen-bond donors (Lipinski definition) is 1. The minimum atomic E-state index is 0.407. The zero-order chi connectivity index (χ0) is 16.9. The lowest BCUT2D eigenvalue weighted by atomic mass is 9.53. The van der Waals surface area contributed by atoms with Gasteiger partial charge in [-0.15, -0.1) is 0 Å². The van der Waals surface area contributed by atoms with Gasteiger partial charge in [-0.3, -0.25) is 0 Å². The molecule has 1 heterocycles. The quantitative estimate of drug-likeness (QED) is 0.894. The average Bonchev–Trinajstić information content (AvgIpc) is 2.60. The molecule has 1 aromatic carbocycles. The van der Waals surface area contributed by atoms with Crippen molar-refractivity contribution in [1.29, 1.82) is 0 Å². The molecule has 0 spiro atoms. The molecule has 0 amide bonds. The highest BCUT2D eigenvalue weighted by Crippen LogP contribution is 2.55. The van der Waals surface area contributed by atoms with E-state index in [9.17, 15) is 0 Å². The summed E-state index contributed by atoms with van der Waals surface area (Å²) in [6.07, 6.45) is 12.6. The third-order valence-corrected chi connectivity index (χ3v) is 6.72. The summed E-state index contributed by atoms with van der Waals surface area (Å²) in [6, 6.07) is 8.42. The van der Waals surface area contributed by atoms with Gasteiger partial charge in [-0.25, -0.2) is 9.97 Å². The summed E-state index contributed by atoms with van der Waals surface area (Å²) in [5, 5.41) is 3.93. The van der Waals surface area contributed by atoms with Gasteiger partial charge in [0.2, 0.25) is 0 Å². The third-order valence-electron chi connectivity index (χ3n) is 6.72. The Hall–Kier alpha value is -1.74. The smallest absolute Gasteiger partial charge is 0.159 e. The van der Waals surface area contributed by atoms with E-state index in [0.29, 0.717) is 5.54 Å². The van der Waals surface area contributed by atoms with E-state index < -0.39 is 0 Å². The molecule has 130 valence electrons. The van der Waals surface area contributed by atoms with E-state index in [1.54, 1.807) is 0 Å². The number of nitrogens with zero attached hydrogens (tertiary/aromatic N) is 2. The van der Waals surface area contributed by atoms with Crippen LogP contribution in [0.5, 0.6) is 0 Å². The van der Waals surface area contributed by atoms with Crippen LogP contribution in [0.25, 0.3) is 11.4 Å². The predicted octanol–water partition coefficient (Wildman–Crippen LogP) is 4.51. The predicted molar refractivity (Wildman–Crippen MR) is 99.9 cm³/mol. The molecule has 3 nitrogen and oxygen atoms in total. The van der Waals surface area contributed by atoms with E-state index in [4.69, 9.17) is 0 Å². The summed E-state index contributed by atoms with van der Waals surface area (Å²) >= 11 is 0. The lowest BCUT2D eigenvalue weighted by Crippen LogP contribution is -2.58. The highest BCUT2D eigenvalue weighted by atomic mass is 15.0. The molecule has 1 N–H and O–H groups in total. The first-order valence-corrected chi connectivity index (χ1v) is 9.80. The zero-order valence-electron chi connectivity index (χ0n) is 15.0. The fourth-order valence-corrected chi connectivity index (χ4v) is 5.91. The van der Waals surface area contributed by atoms with Crippen LogP contribution in [0.4, 0.5) is 0 Å². The van der Waals surface area contributed by atoms with Gasteiger partial charge in [0.05, 0.1) is 0 Å². The highest BCUT2D eigenvalue weighted by molar-refractivity contribution is 5.54. The molecule has 3 heteroatoms. The van der Waals surface area contributed by atoms with Crippen LogP contribution in [-0.4, -0.2) is 15.5 Å². The molecule has 0 atom stereocenters. The second kappa shape index (κ2) is 5.91. The second-order valence-corrected chi connectivity index (χ2v) is 8.83. The largest absolute Gasteiger partial charge is 0.307 e. The molecule has 2 aromatic rings. The Morgan fingerprint density at radius 3 is 2.04 bits per heavy atom. The standard InChI is InChI=1S/C22H27N3/c1-15-2-4-20(5-3-15)21-23-12-19(13-24-21)14-25-22-9-16-6-17(10-22)8-18(7-16)11-22/h2-5,12-13,16-18,25H,6-11,14H2,1H3. The first-order valence-electron chi connectivity index (χ1n) is 9.80. The molecule has 4 bridgehead atoms. The summed E-state index contributed by atoms with van der Waals surface area (Å²) < 4.78 is 0. The van der Waals surface area contributed by atoms with E-state index in [-0.39, 0.29) is 0 Å². The van der Waals surface area contributed by atoms with Crippen molar-refractivity contribution >= 4 is 0 Å². The van der Waals surface area contributed by atoms with E-state index >= 15 is 0 Å². The fourth-order valence-electron chi connectivity index (χ4n) is 5.91. The maximum atomic E-state index is 4.59. The lowest BCUT2D eigenvalue weighted by Gasteiger charge is -2.57. The van der Waals surface area contributed by atoms with Gasteiger partial charge in [0, 0.05) is 35.6 Å². The van der Waals surface area contributed by atoms with Crippen LogP contribution in [0, 0.1) is 24.7 Å². The van der Waals surface area contributed by atoms with Gasteiger partial charge < -0.3 is 5.32 Å². The Labute approximate surface area is 150 Å². The van der Waals surface area contributed by atoms with Gasteiger partial charge in [-0.2, -0.15) is 0 Å². The van der Waals surface area contributed by atoms with Crippen molar-refractivity contribution in [3.63, 3.8) is 0 Å². The van der Waals surface area contributed by atoms with E-state index in [1.165, 1.54) is 49.7 Å². The Morgan fingerprint density at radius 1 is 0.920 bits per heavy atom. The number of nitrogens with one attached hydrogen (secondary N) is 1. The van der Waals surface area contributed by atoms with Gasteiger partial charge in [-0.1, -0.05) is 29.8 Å². The van der Waals surface area contributed by atoms with Crippen LogP contribution < -0.4 is 5.32 Å². The topological polar surface area (TPSA) is 37.8 Å². The van der Waals surface area contributed by atoms with Crippen molar-refractivity contribution in [2.75, 3.05) is 0 Å². The van der Waals surface area contributed by atoms with E-state index in [2.05, 4.69) is 46.5 Å². The minimum Gasteiger partial charge on any atom is -0.307 e. The van der Waals surface area contributed by atoms with Gasteiger partial charge >= 0.3 is 0 Å². The van der Waals surface area contributed by atoms with Gasteiger partial charge in [0.1, 0.15) is 0 Å². The van der Waals surface area contributed by atoms with Crippen LogP contribution in [-0.2, 0) is 6.54 Å². The molecule has 0 saturated heterocycles.